The Morgan fingerprint density at radius 2 is 1.79 bits per heavy atom. The number of aromatic nitrogens is 7. The van der Waals surface area contributed by atoms with E-state index in [0.717, 1.165) is 37.6 Å². The largest absolute Gasteiger partial charge is 0.480 e. The molecule has 0 saturated heterocycles. The van der Waals surface area contributed by atoms with Crippen molar-refractivity contribution in [1.29, 1.82) is 0 Å². The second-order valence-corrected chi connectivity index (χ2v) is 11.6. The summed E-state index contributed by atoms with van der Waals surface area (Å²) in [5.74, 6) is 7.42. The number of methoxy groups -OCH3 is 1. The molecular formula is C32H31F5N8O2. The minimum absolute atomic E-state index is 0.0184. The second-order valence-electron chi connectivity index (χ2n) is 11.6. The van der Waals surface area contributed by atoms with Gasteiger partial charge in [0.05, 0.1) is 25.9 Å². The van der Waals surface area contributed by atoms with Gasteiger partial charge in [-0.05, 0) is 45.6 Å². The van der Waals surface area contributed by atoms with Crippen LogP contribution in [0.3, 0.4) is 0 Å². The van der Waals surface area contributed by atoms with Gasteiger partial charge >= 0.3 is 12.8 Å². The number of hydrogen-bond donors (Lipinski definition) is 0. The van der Waals surface area contributed by atoms with Crippen molar-refractivity contribution in [3.05, 3.63) is 54.0 Å². The molecule has 0 atom stereocenters. The Bertz CT molecular complexity index is 1810. The van der Waals surface area contributed by atoms with Gasteiger partial charge in [-0.25, -0.2) is 24.9 Å². The van der Waals surface area contributed by atoms with E-state index >= 15 is 0 Å². The zero-order valence-electron chi connectivity index (χ0n) is 25.8. The van der Waals surface area contributed by atoms with E-state index < -0.39 is 18.5 Å². The minimum Gasteiger partial charge on any atom is -0.480 e. The van der Waals surface area contributed by atoms with Crippen molar-refractivity contribution in [3.63, 3.8) is 0 Å². The second kappa shape index (κ2) is 13.1. The standard InChI is InChI=1S/C32H31F5N8O2/c1-18(2)45-15-24(32(35,36)37)42-28(45)21-10-11-22(23(13-21)47-30(33)34)14-44(12-4-5-19-6-7-19)31-41-17-39-27(43-31)25-26(20-8-9-20)38-16-40-29(25)46-3/h10-11,13,15-20,30H,6-9,12,14H2,1-3H3. The van der Waals surface area contributed by atoms with E-state index in [1.807, 2.05) is 0 Å². The summed E-state index contributed by atoms with van der Waals surface area (Å²) in [4.78, 5) is 27.7. The van der Waals surface area contributed by atoms with Crippen LogP contribution in [0.4, 0.5) is 27.9 Å². The quantitative estimate of drug-likeness (QED) is 0.129. The van der Waals surface area contributed by atoms with Crippen molar-refractivity contribution < 1.29 is 31.4 Å². The van der Waals surface area contributed by atoms with E-state index in [2.05, 4.69) is 36.8 Å². The highest BCUT2D eigenvalue weighted by Gasteiger charge is 2.36. The number of nitrogens with zero attached hydrogens (tertiary/aromatic N) is 8. The molecule has 3 aromatic heterocycles. The van der Waals surface area contributed by atoms with Gasteiger partial charge in [-0.15, -0.1) is 0 Å². The normalized spacial score (nSPS) is 14.7. The van der Waals surface area contributed by atoms with Crippen LogP contribution in [-0.4, -0.2) is 54.7 Å². The van der Waals surface area contributed by atoms with Crippen LogP contribution in [0.15, 0.2) is 37.1 Å². The van der Waals surface area contributed by atoms with Crippen LogP contribution in [0.5, 0.6) is 11.6 Å². The van der Waals surface area contributed by atoms with Gasteiger partial charge in [-0.3, -0.25) is 0 Å². The van der Waals surface area contributed by atoms with E-state index in [4.69, 9.17) is 14.5 Å². The average molecular weight is 655 g/mol. The molecule has 0 aliphatic heterocycles. The SMILES string of the molecule is COc1ncnc(C2CC2)c1-c1ncnc(N(CC#CC2CC2)Cc2ccc(-c3nc(C(F)(F)F)cn3C(C)C)cc2OC(F)F)n1. The maximum atomic E-state index is 13.7. The highest BCUT2D eigenvalue weighted by atomic mass is 19.4. The van der Waals surface area contributed by atoms with Gasteiger partial charge in [-0.2, -0.15) is 26.9 Å². The number of imidazole rings is 1. The first-order valence-electron chi connectivity index (χ1n) is 15.1. The lowest BCUT2D eigenvalue weighted by Gasteiger charge is -2.23. The van der Waals surface area contributed by atoms with Crippen LogP contribution in [0, 0.1) is 17.8 Å². The number of rotatable bonds is 11. The molecule has 15 heteroatoms. The molecule has 0 spiro atoms. The van der Waals surface area contributed by atoms with Crippen molar-refractivity contribution >= 4 is 5.95 Å². The molecule has 0 unspecified atom stereocenters. The summed E-state index contributed by atoms with van der Waals surface area (Å²) < 4.78 is 79.7. The molecule has 0 radical (unpaired) electrons. The first kappa shape index (κ1) is 32.1. The van der Waals surface area contributed by atoms with Gasteiger partial charge in [0.2, 0.25) is 11.8 Å². The molecule has 0 N–H and O–H groups in total. The third-order valence-corrected chi connectivity index (χ3v) is 7.70. The fourth-order valence-electron chi connectivity index (χ4n) is 5.06. The van der Waals surface area contributed by atoms with E-state index in [9.17, 15) is 22.0 Å². The molecular weight excluding hydrogens is 623 g/mol. The number of benzene rings is 1. The Labute approximate surface area is 267 Å². The van der Waals surface area contributed by atoms with Crippen LogP contribution >= 0.6 is 0 Å². The van der Waals surface area contributed by atoms with Crippen molar-refractivity contribution in [2.45, 2.75) is 70.8 Å². The van der Waals surface area contributed by atoms with Crippen molar-refractivity contribution in [2.75, 3.05) is 18.6 Å². The van der Waals surface area contributed by atoms with Crippen molar-refractivity contribution in [1.82, 2.24) is 34.5 Å². The fraction of sp³-hybridized carbons (Fsp3) is 0.438. The van der Waals surface area contributed by atoms with Crippen LogP contribution in [0.25, 0.3) is 22.8 Å². The maximum Gasteiger partial charge on any atom is 0.434 e. The number of hydrogen-bond acceptors (Lipinski definition) is 9. The van der Waals surface area contributed by atoms with Gasteiger partial charge in [-0.1, -0.05) is 24.0 Å². The predicted octanol–water partition coefficient (Wildman–Crippen LogP) is 6.70. The van der Waals surface area contributed by atoms with E-state index in [-0.39, 0.29) is 54.0 Å². The van der Waals surface area contributed by atoms with E-state index in [0.29, 0.717) is 22.9 Å². The number of alkyl halides is 5. The molecule has 6 rings (SSSR count). The van der Waals surface area contributed by atoms with Gasteiger partial charge in [0.25, 0.3) is 0 Å². The monoisotopic (exact) mass is 654 g/mol. The Morgan fingerprint density at radius 3 is 2.45 bits per heavy atom. The lowest BCUT2D eigenvalue weighted by Crippen LogP contribution is -2.26. The van der Waals surface area contributed by atoms with Crippen LogP contribution in [0.1, 0.15) is 68.4 Å². The summed E-state index contributed by atoms with van der Waals surface area (Å²) in [6.07, 6.45) is 2.94. The lowest BCUT2D eigenvalue weighted by molar-refractivity contribution is -0.140. The summed E-state index contributed by atoms with van der Waals surface area (Å²) in [6, 6.07) is 3.92. The molecule has 0 bridgehead atoms. The highest BCUT2D eigenvalue weighted by molar-refractivity contribution is 5.66. The Morgan fingerprint density at radius 1 is 1.02 bits per heavy atom. The van der Waals surface area contributed by atoms with E-state index in [1.165, 1.54) is 42.5 Å². The summed E-state index contributed by atoms with van der Waals surface area (Å²) in [7, 11) is 1.50. The molecule has 2 aliphatic rings. The fourth-order valence-corrected chi connectivity index (χ4v) is 5.06. The molecule has 2 aliphatic carbocycles. The molecule has 1 aromatic carbocycles. The summed E-state index contributed by atoms with van der Waals surface area (Å²) >= 11 is 0. The predicted molar refractivity (Wildman–Crippen MR) is 161 cm³/mol. The minimum atomic E-state index is -4.68. The molecule has 2 saturated carbocycles. The number of ether oxygens (including phenoxy) is 2. The van der Waals surface area contributed by atoms with Crippen molar-refractivity contribution in [3.8, 4) is 46.2 Å². The van der Waals surface area contributed by atoms with Crippen molar-refractivity contribution in [2.24, 2.45) is 5.92 Å². The average Bonchev–Trinajstić information content (AvgIpc) is 3.98. The highest BCUT2D eigenvalue weighted by Crippen LogP contribution is 2.45. The smallest absolute Gasteiger partial charge is 0.434 e. The number of anilines is 1. The van der Waals surface area contributed by atoms with Crippen LogP contribution in [-0.2, 0) is 12.7 Å². The third-order valence-electron chi connectivity index (χ3n) is 7.70. The topological polar surface area (TPSA) is 104 Å². The van der Waals surface area contributed by atoms with Crippen LogP contribution in [0.2, 0.25) is 0 Å². The first-order valence-corrected chi connectivity index (χ1v) is 15.1. The van der Waals surface area contributed by atoms with Crippen LogP contribution < -0.4 is 14.4 Å². The lowest BCUT2D eigenvalue weighted by atomic mass is 10.1. The zero-order valence-corrected chi connectivity index (χ0v) is 25.8. The third kappa shape index (κ3) is 7.42. The molecule has 47 heavy (non-hydrogen) atoms. The molecule has 3 heterocycles. The molecule has 0 amide bonds. The zero-order chi connectivity index (χ0) is 33.3. The maximum absolute atomic E-state index is 13.7. The summed E-state index contributed by atoms with van der Waals surface area (Å²) in [5, 5.41) is 0. The first-order chi connectivity index (χ1) is 22.5. The van der Waals surface area contributed by atoms with Gasteiger partial charge in [0, 0.05) is 35.2 Å². The Balaban J connectivity index is 1.39. The Hall–Kier alpha value is -4.87. The summed E-state index contributed by atoms with van der Waals surface area (Å²) in [5.41, 5.74) is 0.723. The van der Waals surface area contributed by atoms with Gasteiger partial charge in [0.1, 0.15) is 29.8 Å². The number of halogens is 5. The Kier molecular flexibility index (Phi) is 8.94. The van der Waals surface area contributed by atoms with Gasteiger partial charge in [0.15, 0.2) is 11.5 Å². The summed E-state index contributed by atoms with van der Waals surface area (Å²) in [6.45, 7) is 0.336. The molecule has 4 aromatic rings. The molecule has 246 valence electrons. The van der Waals surface area contributed by atoms with Gasteiger partial charge < -0.3 is 18.9 Å². The van der Waals surface area contributed by atoms with E-state index in [1.54, 1.807) is 18.7 Å². The molecule has 10 nitrogen and oxygen atoms in total. The molecule has 2 fully saturated rings.